The smallest absolute Gasteiger partial charge is 0.227 e. The molecule has 1 fully saturated rings. The lowest BCUT2D eigenvalue weighted by atomic mass is 10.0. The fourth-order valence-electron chi connectivity index (χ4n) is 3.92. The Hall–Kier alpha value is -2.62. The van der Waals surface area contributed by atoms with E-state index in [0.29, 0.717) is 6.42 Å². The van der Waals surface area contributed by atoms with Crippen LogP contribution in [0.15, 0.2) is 48.5 Å². The van der Waals surface area contributed by atoms with Crippen LogP contribution in [-0.2, 0) is 11.2 Å². The van der Waals surface area contributed by atoms with E-state index in [1.165, 1.54) is 17.7 Å². The molecule has 25 heavy (non-hydrogen) atoms. The minimum Gasteiger partial charge on any atom is -0.358 e. The Morgan fingerprint density at radius 2 is 2.04 bits per heavy atom. The highest BCUT2D eigenvalue weighted by Crippen LogP contribution is 2.33. The largest absolute Gasteiger partial charge is 0.358 e. The third-order valence-corrected chi connectivity index (χ3v) is 5.17. The average Bonchev–Trinajstić information content (AvgIpc) is 3.21. The van der Waals surface area contributed by atoms with Gasteiger partial charge in [-0.1, -0.05) is 30.3 Å². The van der Waals surface area contributed by atoms with Crippen LogP contribution in [0.4, 0.5) is 4.39 Å². The van der Waals surface area contributed by atoms with Crippen molar-refractivity contribution in [2.24, 2.45) is 0 Å². The van der Waals surface area contributed by atoms with Crippen LogP contribution < -0.4 is 0 Å². The number of rotatable bonds is 3. The van der Waals surface area contributed by atoms with Crippen molar-refractivity contribution in [1.29, 1.82) is 0 Å². The Labute approximate surface area is 146 Å². The van der Waals surface area contributed by atoms with Crippen LogP contribution in [-0.4, -0.2) is 22.3 Å². The topological polar surface area (TPSA) is 36.1 Å². The highest BCUT2D eigenvalue weighted by Gasteiger charge is 2.30. The zero-order valence-corrected chi connectivity index (χ0v) is 14.3. The van der Waals surface area contributed by atoms with E-state index >= 15 is 0 Å². The number of nitrogens with one attached hydrogen (secondary N) is 1. The average molecular weight is 336 g/mol. The van der Waals surface area contributed by atoms with E-state index in [9.17, 15) is 9.18 Å². The number of carbonyl (C=O) groups excluding carboxylic acids is 1. The van der Waals surface area contributed by atoms with Crippen molar-refractivity contribution < 1.29 is 9.18 Å². The molecule has 0 saturated carbocycles. The number of hydrogen-bond donors (Lipinski definition) is 1. The van der Waals surface area contributed by atoms with Crippen LogP contribution in [0.3, 0.4) is 0 Å². The number of H-pyrrole nitrogens is 1. The molecule has 0 bridgehead atoms. The molecule has 2 aromatic carbocycles. The molecule has 1 aliphatic rings. The van der Waals surface area contributed by atoms with Crippen LogP contribution in [0.2, 0.25) is 0 Å². The minimum absolute atomic E-state index is 0.111. The number of hydrogen-bond acceptors (Lipinski definition) is 1. The summed E-state index contributed by atoms with van der Waals surface area (Å²) in [5, 5.41) is 0.807. The van der Waals surface area contributed by atoms with Gasteiger partial charge in [0.1, 0.15) is 5.82 Å². The van der Waals surface area contributed by atoms with Crippen molar-refractivity contribution in [3.63, 3.8) is 0 Å². The molecule has 1 atom stereocenters. The second kappa shape index (κ2) is 6.36. The summed E-state index contributed by atoms with van der Waals surface area (Å²) in [6.07, 6.45) is 2.32. The van der Waals surface area contributed by atoms with Gasteiger partial charge >= 0.3 is 0 Å². The van der Waals surface area contributed by atoms with Crippen molar-refractivity contribution in [2.75, 3.05) is 6.54 Å². The second-order valence-corrected chi connectivity index (χ2v) is 6.75. The predicted molar refractivity (Wildman–Crippen MR) is 96.8 cm³/mol. The molecule has 1 aromatic heterocycles. The molecule has 128 valence electrons. The zero-order chi connectivity index (χ0) is 17.4. The van der Waals surface area contributed by atoms with Crippen molar-refractivity contribution in [2.45, 2.75) is 32.2 Å². The van der Waals surface area contributed by atoms with Gasteiger partial charge in [-0.3, -0.25) is 4.79 Å². The Kier molecular flexibility index (Phi) is 4.04. The maximum Gasteiger partial charge on any atom is 0.227 e. The number of aryl methyl sites for hydroxylation is 1. The van der Waals surface area contributed by atoms with E-state index in [-0.39, 0.29) is 17.8 Å². The quantitative estimate of drug-likeness (QED) is 0.750. The summed E-state index contributed by atoms with van der Waals surface area (Å²) >= 11 is 0. The lowest BCUT2D eigenvalue weighted by Crippen LogP contribution is -2.31. The van der Waals surface area contributed by atoms with Gasteiger partial charge in [0.15, 0.2) is 0 Å². The minimum atomic E-state index is -0.275. The number of aromatic nitrogens is 1. The van der Waals surface area contributed by atoms with Crippen molar-refractivity contribution in [3.05, 3.63) is 71.2 Å². The van der Waals surface area contributed by atoms with E-state index in [2.05, 4.69) is 17.1 Å². The molecule has 1 N–H and O–H groups in total. The van der Waals surface area contributed by atoms with E-state index in [0.717, 1.165) is 41.5 Å². The van der Waals surface area contributed by atoms with Crippen LogP contribution in [0.1, 0.15) is 35.7 Å². The van der Waals surface area contributed by atoms with Crippen LogP contribution in [0.5, 0.6) is 0 Å². The summed E-state index contributed by atoms with van der Waals surface area (Å²) in [5.74, 6) is -0.164. The molecule has 2 heterocycles. The van der Waals surface area contributed by atoms with E-state index in [1.807, 2.05) is 30.0 Å². The fraction of sp³-hybridized carbons (Fsp3) is 0.286. The third kappa shape index (κ3) is 2.93. The molecule has 1 saturated heterocycles. The van der Waals surface area contributed by atoms with Gasteiger partial charge in [0, 0.05) is 23.1 Å². The lowest BCUT2D eigenvalue weighted by molar-refractivity contribution is -0.131. The first-order chi connectivity index (χ1) is 12.1. The molecular formula is C21H21FN2O. The number of benzene rings is 2. The van der Waals surface area contributed by atoms with Crippen molar-refractivity contribution in [1.82, 2.24) is 9.88 Å². The Bertz CT molecular complexity index is 916. The number of amides is 1. The number of aromatic amines is 1. The molecule has 0 spiro atoms. The van der Waals surface area contributed by atoms with Crippen LogP contribution >= 0.6 is 0 Å². The summed E-state index contributed by atoms with van der Waals surface area (Å²) < 4.78 is 13.6. The number of nitrogens with zero attached hydrogens (tertiary/aromatic N) is 1. The first kappa shape index (κ1) is 15.9. The molecule has 4 heteroatoms. The summed E-state index contributed by atoms with van der Waals surface area (Å²) in [6.45, 7) is 2.73. The third-order valence-electron chi connectivity index (χ3n) is 5.17. The van der Waals surface area contributed by atoms with Gasteiger partial charge in [0.25, 0.3) is 0 Å². The Balaban J connectivity index is 1.62. The van der Waals surface area contributed by atoms with Gasteiger partial charge in [-0.05, 0) is 49.1 Å². The van der Waals surface area contributed by atoms with Crippen LogP contribution in [0, 0.1) is 12.7 Å². The van der Waals surface area contributed by atoms with Gasteiger partial charge in [-0.2, -0.15) is 0 Å². The number of halogens is 1. The van der Waals surface area contributed by atoms with Gasteiger partial charge < -0.3 is 9.88 Å². The normalized spacial score (nSPS) is 17.4. The molecule has 1 unspecified atom stereocenters. The monoisotopic (exact) mass is 336 g/mol. The molecular weight excluding hydrogens is 315 g/mol. The highest BCUT2D eigenvalue weighted by atomic mass is 19.1. The van der Waals surface area contributed by atoms with Crippen LogP contribution in [0.25, 0.3) is 10.9 Å². The highest BCUT2D eigenvalue weighted by molar-refractivity contribution is 5.90. The van der Waals surface area contributed by atoms with E-state index in [1.54, 1.807) is 6.07 Å². The number of likely N-dealkylation sites (tertiary alicyclic amines) is 1. The maximum absolute atomic E-state index is 13.6. The molecule has 1 aliphatic heterocycles. The second-order valence-electron chi connectivity index (χ2n) is 6.75. The van der Waals surface area contributed by atoms with Crippen molar-refractivity contribution >= 4 is 16.8 Å². The zero-order valence-electron chi connectivity index (χ0n) is 14.3. The number of carbonyl (C=O) groups is 1. The van der Waals surface area contributed by atoms with E-state index in [4.69, 9.17) is 0 Å². The first-order valence-corrected chi connectivity index (χ1v) is 8.74. The molecule has 0 aliphatic carbocycles. The molecule has 1 amide bonds. The first-order valence-electron chi connectivity index (χ1n) is 8.74. The molecule has 4 rings (SSSR count). The van der Waals surface area contributed by atoms with Gasteiger partial charge in [0.05, 0.1) is 12.5 Å². The van der Waals surface area contributed by atoms with Gasteiger partial charge in [-0.15, -0.1) is 0 Å². The molecule has 3 aromatic rings. The number of fused-ring (bicyclic) bond motifs is 1. The summed E-state index contributed by atoms with van der Waals surface area (Å²) in [7, 11) is 0. The molecule has 0 radical (unpaired) electrons. The summed E-state index contributed by atoms with van der Waals surface area (Å²) in [4.78, 5) is 18.2. The SMILES string of the molecule is Cc1[nH]c2ccc(F)cc2c1CC(=O)N1CCCC1c1ccccc1. The van der Waals surface area contributed by atoms with Crippen molar-refractivity contribution in [3.8, 4) is 0 Å². The molecule has 3 nitrogen and oxygen atoms in total. The summed E-state index contributed by atoms with van der Waals surface area (Å²) in [6, 6.07) is 15.0. The Morgan fingerprint density at radius 1 is 1.24 bits per heavy atom. The van der Waals surface area contributed by atoms with E-state index < -0.39 is 0 Å². The fourth-order valence-corrected chi connectivity index (χ4v) is 3.92. The van der Waals surface area contributed by atoms with Gasteiger partial charge in [0.2, 0.25) is 5.91 Å². The van der Waals surface area contributed by atoms with Gasteiger partial charge in [-0.25, -0.2) is 4.39 Å². The Morgan fingerprint density at radius 3 is 2.84 bits per heavy atom. The summed E-state index contributed by atoms with van der Waals surface area (Å²) in [5.41, 5.74) is 3.90. The maximum atomic E-state index is 13.6. The lowest BCUT2D eigenvalue weighted by Gasteiger charge is -2.25. The standard InChI is InChI=1S/C21H21FN2O/c1-14-17(18-12-16(22)9-10-19(18)23-14)13-21(25)24-11-5-8-20(24)15-6-3-2-4-7-15/h2-4,6-7,9-10,12,20,23H,5,8,11,13H2,1H3. The predicted octanol–water partition coefficient (Wildman–Crippen LogP) is 4.52.